The molecule has 2 atom stereocenters. The van der Waals surface area contributed by atoms with Crippen molar-refractivity contribution in [1.29, 1.82) is 5.26 Å². The lowest BCUT2D eigenvalue weighted by Gasteiger charge is -2.35. The first kappa shape index (κ1) is 7.12. The topological polar surface area (TPSA) is 49.8 Å². The Balaban J connectivity index is 1.89. The van der Waals surface area contributed by atoms with E-state index in [0.717, 1.165) is 25.7 Å². The van der Waals surface area contributed by atoms with E-state index in [9.17, 15) is 0 Å². The third-order valence-corrected chi connectivity index (χ3v) is 3.18. The van der Waals surface area contributed by atoms with Crippen LogP contribution in [0.3, 0.4) is 0 Å². The molecule has 2 N–H and O–H groups in total. The summed E-state index contributed by atoms with van der Waals surface area (Å²) < 4.78 is 0. The number of hydrogen-bond acceptors (Lipinski definition) is 2. The smallest absolute Gasteiger partial charge is 0.0689 e. The molecule has 2 fully saturated rings. The van der Waals surface area contributed by atoms with Gasteiger partial charge in [0.05, 0.1) is 11.5 Å². The summed E-state index contributed by atoms with van der Waals surface area (Å²) in [7, 11) is 0. The number of hydrogen-bond donors (Lipinski definition) is 1. The highest BCUT2D eigenvalue weighted by atomic mass is 14.7. The van der Waals surface area contributed by atoms with Gasteiger partial charge in [-0.25, -0.2) is 0 Å². The van der Waals surface area contributed by atoms with Crippen LogP contribution in [0.25, 0.3) is 0 Å². The van der Waals surface area contributed by atoms with Crippen LogP contribution >= 0.6 is 0 Å². The largest absolute Gasteiger partial charge is 0.327 e. The Morgan fingerprint density at radius 1 is 1.55 bits per heavy atom. The fourth-order valence-corrected chi connectivity index (χ4v) is 1.97. The van der Waals surface area contributed by atoms with Gasteiger partial charge in [0.25, 0.3) is 0 Å². The lowest BCUT2D eigenvalue weighted by Crippen LogP contribution is -2.28. The number of nitrogens with two attached hydrogens (primary N) is 1. The van der Waals surface area contributed by atoms with Crippen LogP contribution in [0.2, 0.25) is 0 Å². The van der Waals surface area contributed by atoms with Crippen molar-refractivity contribution >= 4 is 0 Å². The Bertz CT molecular complexity index is 200. The second-order valence-corrected chi connectivity index (χ2v) is 4.11. The fourth-order valence-electron chi connectivity index (χ4n) is 1.97. The molecular formula is C9H14N2. The summed E-state index contributed by atoms with van der Waals surface area (Å²) in [5.74, 6) is 0.676. The molecule has 0 saturated heterocycles. The standard InChI is InChI=1S/C9H14N2/c10-6-9(2-1-3-9)5-7-4-8(7)11/h7-8H,1-5,11H2. The van der Waals surface area contributed by atoms with E-state index in [-0.39, 0.29) is 5.41 Å². The molecule has 2 heteroatoms. The third-order valence-electron chi connectivity index (χ3n) is 3.18. The number of rotatable bonds is 2. The van der Waals surface area contributed by atoms with Crippen LogP contribution in [0.5, 0.6) is 0 Å². The van der Waals surface area contributed by atoms with Crippen molar-refractivity contribution in [1.82, 2.24) is 0 Å². The maximum absolute atomic E-state index is 8.91. The first-order valence-electron chi connectivity index (χ1n) is 4.43. The van der Waals surface area contributed by atoms with Crippen molar-refractivity contribution in [2.75, 3.05) is 0 Å². The highest BCUT2D eigenvalue weighted by molar-refractivity contribution is 5.08. The summed E-state index contributed by atoms with van der Waals surface area (Å²) >= 11 is 0. The monoisotopic (exact) mass is 150 g/mol. The van der Waals surface area contributed by atoms with Gasteiger partial charge in [-0.3, -0.25) is 0 Å². The van der Waals surface area contributed by atoms with Crippen molar-refractivity contribution in [2.45, 2.75) is 38.1 Å². The summed E-state index contributed by atoms with van der Waals surface area (Å²) in [6, 6.07) is 2.87. The van der Waals surface area contributed by atoms with Crippen LogP contribution in [0.4, 0.5) is 0 Å². The molecule has 0 bridgehead atoms. The Hall–Kier alpha value is -0.550. The summed E-state index contributed by atoms with van der Waals surface area (Å²) in [4.78, 5) is 0. The van der Waals surface area contributed by atoms with Crippen molar-refractivity contribution in [3.8, 4) is 6.07 Å². The third kappa shape index (κ3) is 1.14. The Morgan fingerprint density at radius 3 is 2.45 bits per heavy atom. The van der Waals surface area contributed by atoms with Crippen LogP contribution < -0.4 is 5.73 Å². The molecule has 2 aliphatic carbocycles. The van der Waals surface area contributed by atoms with E-state index >= 15 is 0 Å². The van der Waals surface area contributed by atoms with E-state index in [1.165, 1.54) is 6.42 Å². The van der Waals surface area contributed by atoms with Crippen molar-refractivity contribution < 1.29 is 0 Å². The zero-order valence-corrected chi connectivity index (χ0v) is 6.71. The van der Waals surface area contributed by atoms with Gasteiger partial charge >= 0.3 is 0 Å². The van der Waals surface area contributed by atoms with Crippen molar-refractivity contribution in [2.24, 2.45) is 17.1 Å². The van der Waals surface area contributed by atoms with E-state index in [0.29, 0.717) is 12.0 Å². The molecule has 0 aromatic heterocycles. The van der Waals surface area contributed by atoms with Gasteiger partial charge in [0.2, 0.25) is 0 Å². The molecular weight excluding hydrogens is 136 g/mol. The quantitative estimate of drug-likeness (QED) is 0.647. The van der Waals surface area contributed by atoms with Gasteiger partial charge < -0.3 is 5.73 Å². The predicted molar refractivity (Wildman–Crippen MR) is 42.6 cm³/mol. The lowest BCUT2D eigenvalue weighted by molar-refractivity contribution is 0.186. The molecule has 2 aliphatic rings. The second kappa shape index (κ2) is 2.22. The van der Waals surface area contributed by atoms with Gasteiger partial charge in [-0.15, -0.1) is 0 Å². The minimum Gasteiger partial charge on any atom is -0.327 e. The highest BCUT2D eigenvalue weighted by Gasteiger charge is 2.45. The average Bonchev–Trinajstić information content (AvgIpc) is 2.58. The Labute approximate surface area is 67.4 Å². The lowest BCUT2D eigenvalue weighted by atomic mass is 9.67. The number of nitriles is 1. The van der Waals surface area contributed by atoms with Crippen LogP contribution in [0, 0.1) is 22.7 Å². The zero-order chi connectivity index (χ0) is 7.90. The molecule has 0 aliphatic heterocycles. The maximum atomic E-state index is 8.91. The molecule has 0 amide bonds. The molecule has 0 aromatic carbocycles. The van der Waals surface area contributed by atoms with Crippen molar-refractivity contribution in [3.63, 3.8) is 0 Å². The van der Waals surface area contributed by atoms with Gasteiger partial charge in [-0.05, 0) is 31.6 Å². The molecule has 0 aromatic rings. The summed E-state index contributed by atoms with van der Waals surface area (Å²) in [6.07, 6.45) is 5.71. The van der Waals surface area contributed by atoms with E-state index in [2.05, 4.69) is 6.07 Å². The molecule has 2 nitrogen and oxygen atoms in total. The second-order valence-electron chi connectivity index (χ2n) is 4.11. The van der Waals surface area contributed by atoms with Crippen LogP contribution in [-0.2, 0) is 0 Å². The van der Waals surface area contributed by atoms with E-state index in [1.54, 1.807) is 0 Å². The molecule has 0 heterocycles. The first-order valence-corrected chi connectivity index (χ1v) is 4.43. The predicted octanol–water partition coefficient (Wildman–Crippen LogP) is 1.42. The van der Waals surface area contributed by atoms with Crippen molar-refractivity contribution in [3.05, 3.63) is 0 Å². The minimum atomic E-state index is 0.0544. The molecule has 2 rings (SSSR count). The Morgan fingerprint density at radius 2 is 2.18 bits per heavy atom. The van der Waals surface area contributed by atoms with Gasteiger partial charge in [0.15, 0.2) is 0 Å². The van der Waals surface area contributed by atoms with Gasteiger partial charge in [0.1, 0.15) is 0 Å². The van der Waals surface area contributed by atoms with Crippen LogP contribution in [0.1, 0.15) is 32.1 Å². The van der Waals surface area contributed by atoms with Gasteiger partial charge in [-0.1, -0.05) is 6.42 Å². The summed E-state index contributed by atoms with van der Waals surface area (Å²) in [6.45, 7) is 0. The van der Waals surface area contributed by atoms with E-state index < -0.39 is 0 Å². The van der Waals surface area contributed by atoms with Gasteiger partial charge in [-0.2, -0.15) is 5.26 Å². The number of nitrogens with zero attached hydrogens (tertiary/aromatic N) is 1. The molecule has 0 radical (unpaired) electrons. The molecule has 11 heavy (non-hydrogen) atoms. The minimum absolute atomic E-state index is 0.0544. The summed E-state index contributed by atoms with van der Waals surface area (Å²) in [5.41, 5.74) is 5.75. The normalized spacial score (nSPS) is 38.9. The zero-order valence-electron chi connectivity index (χ0n) is 6.71. The average molecular weight is 150 g/mol. The van der Waals surface area contributed by atoms with Crippen LogP contribution in [-0.4, -0.2) is 6.04 Å². The fraction of sp³-hybridized carbons (Fsp3) is 0.889. The van der Waals surface area contributed by atoms with E-state index in [4.69, 9.17) is 11.0 Å². The Kier molecular flexibility index (Phi) is 1.43. The maximum Gasteiger partial charge on any atom is 0.0689 e. The summed E-state index contributed by atoms with van der Waals surface area (Å²) in [5, 5.41) is 8.91. The van der Waals surface area contributed by atoms with Gasteiger partial charge in [0, 0.05) is 6.04 Å². The molecule has 2 saturated carbocycles. The first-order chi connectivity index (χ1) is 5.26. The molecule has 0 spiro atoms. The van der Waals surface area contributed by atoms with E-state index in [1.807, 2.05) is 0 Å². The molecule has 60 valence electrons. The molecule has 2 unspecified atom stereocenters. The van der Waals surface area contributed by atoms with Crippen LogP contribution in [0.15, 0.2) is 0 Å². The highest BCUT2D eigenvalue weighted by Crippen LogP contribution is 2.50. The SMILES string of the molecule is N#CC1(CC2CC2N)CCC1.